The monoisotopic (exact) mass is 701 g/mol. The van der Waals surface area contributed by atoms with E-state index in [-0.39, 0.29) is 18.5 Å². The molecule has 0 aliphatic rings. The van der Waals surface area contributed by atoms with E-state index in [1.807, 2.05) is 0 Å². The van der Waals surface area contributed by atoms with Gasteiger partial charge in [-0.1, -0.05) is 192 Å². The first-order valence-corrected chi connectivity index (χ1v) is 22.0. The van der Waals surface area contributed by atoms with Crippen molar-refractivity contribution in [2.45, 2.75) is 245 Å². The molecule has 1 unspecified atom stereocenters. The zero-order chi connectivity index (χ0) is 36.4. The molecule has 0 aromatic carbocycles. The van der Waals surface area contributed by atoms with Gasteiger partial charge in [-0.3, -0.25) is 9.59 Å². The van der Waals surface area contributed by atoms with Crippen LogP contribution in [0.1, 0.15) is 239 Å². The fourth-order valence-corrected chi connectivity index (χ4v) is 6.67. The van der Waals surface area contributed by atoms with Gasteiger partial charge in [0.05, 0.1) is 0 Å². The Hall–Kier alpha value is -1.84. The summed E-state index contributed by atoms with van der Waals surface area (Å²) in [5, 5.41) is 8.88. The molecule has 0 aromatic heterocycles. The molecular formula is C46H84O4. The molecule has 0 saturated carbocycles. The van der Waals surface area contributed by atoms with E-state index >= 15 is 0 Å². The van der Waals surface area contributed by atoms with Crippen molar-refractivity contribution in [1.82, 2.24) is 0 Å². The Labute approximate surface area is 311 Å². The van der Waals surface area contributed by atoms with E-state index in [2.05, 4.69) is 50.3 Å². The smallest absolute Gasteiger partial charge is 0.306 e. The van der Waals surface area contributed by atoms with Crippen LogP contribution in [0, 0.1) is 0 Å². The number of carbonyl (C=O) groups is 2. The summed E-state index contributed by atoms with van der Waals surface area (Å²) < 4.78 is 6.00. The lowest BCUT2D eigenvalue weighted by atomic mass is 10.0. The second kappa shape index (κ2) is 41.6. The molecule has 0 heterocycles. The van der Waals surface area contributed by atoms with Crippen molar-refractivity contribution in [1.29, 1.82) is 0 Å². The van der Waals surface area contributed by atoms with E-state index in [1.54, 1.807) is 0 Å². The molecule has 4 nitrogen and oxygen atoms in total. The summed E-state index contributed by atoms with van der Waals surface area (Å²) in [7, 11) is 0. The molecule has 0 amide bonds. The third kappa shape index (κ3) is 40.6. The average molecular weight is 701 g/mol. The minimum absolute atomic E-state index is 0.0135. The van der Waals surface area contributed by atoms with Crippen LogP contribution < -0.4 is 0 Å². The number of esters is 1. The number of carboxylic acid groups (broad SMARTS) is 1. The summed E-state index contributed by atoms with van der Waals surface area (Å²) in [4.78, 5) is 23.5. The lowest BCUT2D eigenvalue weighted by molar-refractivity contribution is -0.150. The fourth-order valence-electron chi connectivity index (χ4n) is 6.67. The second-order valence-corrected chi connectivity index (χ2v) is 14.9. The first-order chi connectivity index (χ1) is 24.6. The van der Waals surface area contributed by atoms with Gasteiger partial charge in [0.1, 0.15) is 6.10 Å². The number of unbranched alkanes of at least 4 members (excludes halogenated alkanes) is 25. The number of carboxylic acids is 1. The SMILES string of the molecule is CC/C=C\C/C=C\C/C=C\CCCCCCCCCCCC(=O)OC(CCCCCCCCCCCCCCCC)CCCCCCC(=O)O. The minimum atomic E-state index is -0.709. The molecule has 0 spiro atoms. The summed E-state index contributed by atoms with van der Waals surface area (Å²) in [5.41, 5.74) is 0. The van der Waals surface area contributed by atoms with Crippen LogP contribution in [-0.4, -0.2) is 23.1 Å². The van der Waals surface area contributed by atoms with Crippen molar-refractivity contribution >= 4 is 11.9 Å². The highest BCUT2D eigenvalue weighted by Crippen LogP contribution is 2.19. The predicted molar refractivity (Wildman–Crippen MR) is 218 cm³/mol. The van der Waals surface area contributed by atoms with Crippen molar-refractivity contribution in [3.05, 3.63) is 36.5 Å². The van der Waals surface area contributed by atoms with Crippen molar-refractivity contribution in [2.24, 2.45) is 0 Å². The summed E-state index contributed by atoms with van der Waals surface area (Å²) in [6.45, 7) is 4.45. The standard InChI is InChI=1S/C46H84O4/c1-3-5-7-9-11-13-15-17-19-20-21-22-23-25-27-29-31-33-39-43-46(49)50-44(41-37-34-35-38-42-45(47)48)40-36-32-30-28-26-24-18-16-14-12-10-8-6-4-2/h5,7,11,13,17,19,44H,3-4,6,8-10,12,14-16,18,20-43H2,1-2H3,(H,47,48)/b7-5-,13-11-,19-17-. The van der Waals surface area contributed by atoms with Crippen LogP contribution in [0.4, 0.5) is 0 Å². The first kappa shape index (κ1) is 48.2. The highest BCUT2D eigenvalue weighted by Gasteiger charge is 2.14. The maximum absolute atomic E-state index is 12.7. The molecule has 0 aliphatic carbocycles. The van der Waals surface area contributed by atoms with Gasteiger partial charge >= 0.3 is 11.9 Å². The summed E-state index contributed by atoms with van der Waals surface area (Å²) in [6, 6.07) is 0. The molecule has 0 bridgehead atoms. The molecule has 4 heteroatoms. The zero-order valence-corrected chi connectivity index (χ0v) is 33.5. The third-order valence-electron chi connectivity index (χ3n) is 9.88. The van der Waals surface area contributed by atoms with E-state index in [9.17, 15) is 9.59 Å². The Bertz CT molecular complexity index is 798. The fraction of sp³-hybridized carbons (Fsp3) is 0.826. The Kier molecular flexibility index (Phi) is 40.0. The van der Waals surface area contributed by atoms with Gasteiger partial charge in [0.2, 0.25) is 0 Å². The summed E-state index contributed by atoms with van der Waals surface area (Å²) in [5.74, 6) is -0.722. The zero-order valence-electron chi connectivity index (χ0n) is 33.5. The van der Waals surface area contributed by atoms with Gasteiger partial charge in [0.15, 0.2) is 0 Å². The second-order valence-electron chi connectivity index (χ2n) is 14.9. The maximum Gasteiger partial charge on any atom is 0.306 e. The first-order valence-electron chi connectivity index (χ1n) is 22.0. The molecule has 0 rings (SSSR count). The number of allylic oxidation sites excluding steroid dienone is 6. The van der Waals surface area contributed by atoms with Crippen molar-refractivity contribution < 1.29 is 19.4 Å². The van der Waals surface area contributed by atoms with Gasteiger partial charge in [-0.15, -0.1) is 0 Å². The number of carbonyl (C=O) groups excluding carboxylic acids is 1. The Morgan fingerprint density at radius 2 is 0.840 bits per heavy atom. The Morgan fingerprint density at radius 3 is 1.30 bits per heavy atom. The van der Waals surface area contributed by atoms with Crippen LogP contribution in [0.25, 0.3) is 0 Å². The van der Waals surface area contributed by atoms with Crippen molar-refractivity contribution in [3.8, 4) is 0 Å². The van der Waals surface area contributed by atoms with Crippen LogP contribution >= 0.6 is 0 Å². The van der Waals surface area contributed by atoms with Gasteiger partial charge in [-0.25, -0.2) is 0 Å². The highest BCUT2D eigenvalue weighted by molar-refractivity contribution is 5.69. The molecule has 0 fully saturated rings. The highest BCUT2D eigenvalue weighted by atomic mass is 16.5. The van der Waals surface area contributed by atoms with E-state index < -0.39 is 5.97 Å². The molecule has 0 aliphatic heterocycles. The van der Waals surface area contributed by atoms with Gasteiger partial charge in [-0.05, 0) is 70.6 Å². The number of hydrogen-bond acceptors (Lipinski definition) is 3. The van der Waals surface area contributed by atoms with Crippen molar-refractivity contribution in [3.63, 3.8) is 0 Å². The molecule has 0 aromatic rings. The molecule has 0 saturated heterocycles. The van der Waals surface area contributed by atoms with Gasteiger partial charge < -0.3 is 9.84 Å². The Morgan fingerprint density at radius 1 is 0.460 bits per heavy atom. The van der Waals surface area contributed by atoms with Crippen LogP contribution in [0.3, 0.4) is 0 Å². The van der Waals surface area contributed by atoms with Crippen LogP contribution in [0.15, 0.2) is 36.5 Å². The lowest BCUT2D eigenvalue weighted by Crippen LogP contribution is -2.18. The summed E-state index contributed by atoms with van der Waals surface area (Å²) >= 11 is 0. The molecule has 1 N–H and O–H groups in total. The Balaban J connectivity index is 3.94. The molecule has 1 atom stereocenters. The van der Waals surface area contributed by atoms with E-state index in [0.29, 0.717) is 6.42 Å². The molecule has 0 radical (unpaired) electrons. The maximum atomic E-state index is 12.7. The van der Waals surface area contributed by atoms with Crippen LogP contribution in [-0.2, 0) is 14.3 Å². The van der Waals surface area contributed by atoms with Crippen molar-refractivity contribution in [2.75, 3.05) is 0 Å². The largest absolute Gasteiger partial charge is 0.481 e. The average Bonchev–Trinajstić information content (AvgIpc) is 3.10. The van der Waals surface area contributed by atoms with E-state index in [4.69, 9.17) is 9.84 Å². The summed E-state index contributed by atoms with van der Waals surface area (Å²) in [6.07, 6.45) is 54.6. The number of hydrogen-bond donors (Lipinski definition) is 1. The number of ether oxygens (including phenoxy) is 1. The molecule has 50 heavy (non-hydrogen) atoms. The number of rotatable bonds is 40. The quantitative estimate of drug-likeness (QED) is 0.0393. The lowest BCUT2D eigenvalue weighted by Gasteiger charge is -2.18. The van der Waals surface area contributed by atoms with Gasteiger partial charge in [-0.2, -0.15) is 0 Å². The predicted octanol–water partition coefficient (Wildman–Crippen LogP) is 15.3. The number of aliphatic carboxylic acids is 1. The topological polar surface area (TPSA) is 63.6 Å². The van der Waals surface area contributed by atoms with Crippen LogP contribution in [0.2, 0.25) is 0 Å². The van der Waals surface area contributed by atoms with Gasteiger partial charge in [0.25, 0.3) is 0 Å². The van der Waals surface area contributed by atoms with Crippen LogP contribution in [0.5, 0.6) is 0 Å². The normalized spacial score (nSPS) is 12.5. The third-order valence-corrected chi connectivity index (χ3v) is 9.88. The molecule has 292 valence electrons. The van der Waals surface area contributed by atoms with E-state index in [1.165, 1.54) is 135 Å². The van der Waals surface area contributed by atoms with E-state index in [0.717, 1.165) is 77.0 Å². The molecular weight excluding hydrogens is 617 g/mol. The minimum Gasteiger partial charge on any atom is -0.481 e. The van der Waals surface area contributed by atoms with Gasteiger partial charge in [0, 0.05) is 12.8 Å².